The summed E-state index contributed by atoms with van der Waals surface area (Å²) in [5.41, 5.74) is 5.73. The van der Waals surface area contributed by atoms with Crippen molar-refractivity contribution >= 4 is 5.82 Å². The Morgan fingerprint density at radius 1 is 1.57 bits per heavy atom. The molecule has 6 heteroatoms. The number of nitrogens with one attached hydrogen (secondary N) is 1. The number of anilines is 1. The van der Waals surface area contributed by atoms with Crippen LogP contribution in [0.4, 0.5) is 5.82 Å². The molecule has 0 saturated heterocycles. The third-order valence-corrected chi connectivity index (χ3v) is 1.56. The van der Waals surface area contributed by atoms with Gasteiger partial charge in [-0.2, -0.15) is 5.26 Å². The fraction of sp³-hybridized carbons (Fsp3) is 0.375. The number of aliphatic hydroxyl groups is 1. The van der Waals surface area contributed by atoms with Gasteiger partial charge in [-0.25, -0.2) is 0 Å². The molecule has 6 nitrogen and oxygen atoms in total. The second-order valence-corrected chi connectivity index (χ2v) is 2.74. The van der Waals surface area contributed by atoms with Gasteiger partial charge in [0.2, 0.25) is 0 Å². The SMILES string of the molecule is N#Cc1ccc(NCC(N)CO)nn1. The number of aromatic nitrogens is 2. The minimum absolute atomic E-state index is 0.0866. The van der Waals surface area contributed by atoms with Crippen LogP contribution in [0.25, 0.3) is 0 Å². The first kappa shape index (κ1) is 10.4. The Balaban J connectivity index is 2.49. The molecule has 1 rings (SSSR count). The zero-order valence-electron chi connectivity index (χ0n) is 7.51. The number of nitrogens with two attached hydrogens (primary N) is 1. The van der Waals surface area contributed by atoms with Gasteiger partial charge in [-0.1, -0.05) is 0 Å². The standard InChI is InChI=1S/C8H11N5O/c9-3-7-1-2-8(13-12-7)11-4-6(10)5-14/h1-2,6,14H,4-5,10H2,(H,11,13). The Labute approximate surface area is 81.4 Å². The summed E-state index contributed by atoms with van der Waals surface area (Å²) < 4.78 is 0. The minimum Gasteiger partial charge on any atom is -0.395 e. The molecule has 0 bridgehead atoms. The Bertz CT molecular complexity index is 317. The van der Waals surface area contributed by atoms with E-state index in [-0.39, 0.29) is 18.3 Å². The van der Waals surface area contributed by atoms with Crippen molar-refractivity contribution in [3.63, 3.8) is 0 Å². The number of nitriles is 1. The molecule has 0 spiro atoms. The van der Waals surface area contributed by atoms with Crippen molar-refractivity contribution in [1.82, 2.24) is 10.2 Å². The molecule has 1 aromatic heterocycles. The van der Waals surface area contributed by atoms with Crippen molar-refractivity contribution in [1.29, 1.82) is 5.26 Å². The summed E-state index contributed by atoms with van der Waals surface area (Å²) in [5, 5.41) is 27.3. The van der Waals surface area contributed by atoms with Crippen molar-refractivity contribution in [2.75, 3.05) is 18.5 Å². The van der Waals surface area contributed by atoms with E-state index in [9.17, 15) is 0 Å². The van der Waals surface area contributed by atoms with Crippen LogP contribution in [0.5, 0.6) is 0 Å². The Morgan fingerprint density at radius 3 is 2.86 bits per heavy atom. The van der Waals surface area contributed by atoms with Crippen LogP contribution in [0.2, 0.25) is 0 Å². The van der Waals surface area contributed by atoms with Crippen molar-refractivity contribution < 1.29 is 5.11 Å². The molecule has 1 atom stereocenters. The van der Waals surface area contributed by atoms with Gasteiger partial charge >= 0.3 is 0 Å². The third kappa shape index (κ3) is 2.97. The number of nitrogens with zero attached hydrogens (tertiary/aromatic N) is 3. The van der Waals surface area contributed by atoms with Crippen LogP contribution in [0.15, 0.2) is 12.1 Å². The molecule has 14 heavy (non-hydrogen) atoms. The highest BCUT2D eigenvalue weighted by Crippen LogP contribution is 2.00. The van der Waals surface area contributed by atoms with Gasteiger partial charge in [0.15, 0.2) is 5.69 Å². The Morgan fingerprint density at radius 2 is 2.36 bits per heavy atom. The molecule has 0 aliphatic carbocycles. The average molecular weight is 193 g/mol. The zero-order valence-corrected chi connectivity index (χ0v) is 7.51. The van der Waals surface area contributed by atoms with E-state index in [1.165, 1.54) is 0 Å². The number of aliphatic hydroxyl groups excluding tert-OH is 1. The topological polar surface area (TPSA) is 108 Å². The summed E-state index contributed by atoms with van der Waals surface area (Å²) in [4.78, 5) is 0. The van der Waals surface area contributed by atoms with Gasteiger partial charge in [0.05, 0.1) is 6.61 Å². The van der Waals surface area contributed by atoms with Crippen LogP contribution in [0.3, 0.4) is 0 Å². The van der Waals surface area contributed by atoms with E-state index in [0.29, 0.717) is 12.4 Å². The fourth-order valence-corrected chi connectivity index (χ4v) is 0.786. The lowest BCUT2D eigenvalue weighted by molar-refractivity contribution is 0.270. The monoisotopic (exact) mass is 193 g/mol. The molecule has 0 aromatic carbocycles. The third-order valence-electron chi connectivity index (χ3n) is 1.56. The van der Waals surface area contributed by atoms with Crippen LogP contribution in [-0.4, -0.2) is 34.5 Å². The molecular weight excluding hydrogens is 182 g/mol. The van der Waals surface area contributed by atoms with E-state index >= 15 is 0 Å². The summed E-state index contributed by atoms with van der Waals surface area (Å²) in [5.74, 6) is 0.535. The van der Waals surface area contributed by atoms with Gasteiger partial charge in [0.25, 0.3) is 0 Å². The van der Waals surface area contributed by atoms with Crippen molar-refractivity contribution in [3.05, 3.63) is 17.8 Å². The summed E-state index contributed by atoms with van der Waals surface area (Å²) in [6.07, 6.45) is 0. The van der Waals surface area contributed by atoms with Gasteiger partial charge in [0, 0.05) is 12.6 Å². The Kier molecular flexibility index (Phi) is 3.79. The molecule has 0 aliphatic heterocycles. The van der Waals surface area contributed by atoms with Crippen molar-refractivity contribution in [2.45, 2.75) is 6.04 Å². The van der Waals surface area contributed by atoms with Gasteiger partial charge in [0.1, 0.15) is 11.9 Å². The highest BCUT2D eigenvalue weighted by atomic mass is 16.3. The number of hydrogen-bond acceptors (Lipinski definition) is 6. The summed E-state index contributed by atoms with van der Waals surface area (Å²) >= 11 is 0. The molecule has 0 saturated carbocycles. The van der Waals surface area contributed by atoms with E-state index in [1.807, 2.05) is 6.07 Å². The predicted molar refractivity (Wildman–Crippen MR) is 50.3 cm³/mol. The first-order valence-corrected chi connectivity index (χ1v) is 4.10. The van der Waals surface area contributed by atoms with Crippen LogP contribution < -0.4 is 11.1 Å². The minimum atomic E-state index is -0.326. The lowest BCUT2D eigenvalue weighted by Gasteiger charge is -2.09. The van der Waals surface area contributed by atoms with Crippen LogP contribution in [0, 0.1) is 11.3 Å². The van der Waals surface area contributed by atoms with Crippen LogP contribution >= 0.6 is 0 Å². The molecule has 1 unspecified atom stereocenters. The first-order chi connectivity index (χ1) is 6.76. The maximum Gasteiger partial charge on any atom is 0.163 e. The molecule has 0 radical (unpaired) electrons. The summed E-state index contributed by atoms with van der Waals surface area (Å²) in [6.45, 7) is 0.327. The molecule has 74 valence electrons. The maximum absolute atomic E-state index is 8.65. The van der Waals surface area contributed by atoms with E-state index in [2.05, 4.69) is 15.5 Å². The lowest BCUT2D eigenvalue weighted by Crippen LogP contribution is -2.32. The number of hydrogen-bond donors (Lipinski definition) is 3. The molecule has 4 N–H and O–H groups in total. The zero-order chi connectivity index (χ0) is 10.4. The maximum atomic E-state index is 8.65. The largest absolute Gasteiger partial charge is 0.395 e. The Hall–Kier alpha value is -1.71. The molecule has 0 fully saturated rings. The van der Waals surface area contributed by atoms with Gasteiger partial charge in [-0.15, -0.1) is 10.2 Å². The smallest absolute Gasteiger partial charge is 0.163 e. The molecular formula is C8H11N5O. The fourth-order valence-electron chi connectivity index (χ4n) is 0.786. The average Bonchev–Trinajstić information content (AvgIpc) is 2.26. The van der Waals surface area contributed by atoms with Crippen molar-refractivity contribution in [2.24, 2.45) is 5.73 Å². The van der Waals surface area contributed by atoms with E-state index in [1.54, 1.807) is 12.1 Å². The molecule has 1 heterocycles. The molecule has 0 amide bonds. The predicted octanol–water partition coefficient (Wildman–Crippen LogP) is -0.920. The second-order valence-electron chi connectivity index (χ2n) is 2.74. The normalized spacial score (nSPS) is 11.8. The van der Waals surface area contributed by atoms with Gasteiger partial charge in [-0.3, -0.25) is 0 Å². The van der Waals surface area contributed by atoms with Crippen LogP contribution in [0.1, 0.15) is 5.69 Å². The van der Waals surface area contributed by atoms with Crippen molar-refractivity contribution in [3.8, 4) is 6.07 Å². The lowest BCUT2D eigenvalue weighted by atomic mass is 10.3. The number of rotatable bonds is 4. The van der Waals surface area contributed by atoms with Gasteiger partial charge < -0.3 is 16.2 Å². The van der Waals surface area contributed by atoms with E-state index < -0.39 is 0 Å². The molecule has 0 aliphatic rings. The first-order valence-electron chi connectivity index (χ1n) is 4.10. The quantitative estimate of drug-likeness (QED) is 0.570. The van der Waals surface area contributed by atoms with E-state index in [0.717, 1.165) is 0 Å². The summed E-state index contributed by atoms with van der Waals surface area (Å²) in [7, 11) is 0. The second kappa shape index (κ2) is 5.11. The van der Waals surface area contributed by atoms with Crippen LogP contribution in [-0.2, 0) is 0 Å². The summed E-state index contributed by atoms with van der Waals surface area (Å²) in [6, 6.07) is 4.73. The molecule has 1 aromatic rings. The highest BCUT2D eigenvalue weighted by Gasteiger charge is 2.00. The van der Waals surface area contributed by atoms with Gasteiger partial charge in [-0.05, 0) is 12.1 Å². The van der Waals surface area contributed by atoms with E-state index in [4.69, 9.17) is 16.1 Å². The highest BCUT2D eigenvalue weighted by molar-refractivity contribution is 5.35.